The third-order valence-corrected chi connectivity index (χ3v) is 4.06. The molecule has 0 unspecified atom stereocenters. The minimum Gasteiger partial charge on any atom is -0.468 e. The molecule has 4 heteroatoms. The molecule has 0 aliphatic heterocycles. The van der Waals surface area contributed by atoms with Gasteiger partial charge in [-0.2, -0.15) is 0 Å². The number of hydrogen-bond acceptors (Lipinski definition) is 3. The van der Waals surface area contributed by atoms with E-state index < -0.39 is 5.92 Å². The van der Waals surface area contributed by atoms with Crippen LogP contribution in [0.25, 0.3) is 10.9 Å². The Morgan fingerprint density at radius 2 is 2.00 bits per heavy atom. The molecule has 0 fully saturated rings. The van der Waals surface area contributed by atoms with E-state index in [2.05, 4.69) is 0 Å². The number of para-hydroxylation sites is 1. The van der Waals surface area contributed by atoms with Crippen LogP contribution in [0.3, 0.4) is 0 Å². The summed E-state index contributed by atoms with van der Waals surface area (Å²) >= 11 is 0. The van der Waals surface area contributed by atoms with Crippen LogP contribution in [0.2, 0.25) is 0 Å². The molecule has 0 radical (unpaired) electrons. The standard InChI is InChI=1S/C15H15NO3/c1-8-11(15(18)19-3)13-12(14(8)17)9-6-4-5-7-10(9)16(13)2/h4-8,11H,1-3H3/t8-,11-/m0/s1. The van der Waals surface area contributed by atoms with E-state index >= 15 is 0 Å². The molecule has 1 aliphatic rings. The number of Topliss-reactive ketones (excluding diaryl/α,β-unsaturated/α-hetero) is 1. The van der Waals surface area contributed by atoms with Gasteiger partial charge in [0.15, 0.2) is 5.78 Å². The van der Waals surface area contributed by atoms with Crippen molar-refractivity contribution in [1.29, 1.82) is 0 Å². The van der Waals surface area contributed by atoms with Crippen molar-refractivity contribution in [1.82, 2.24) is 4.57 Å². The van der Waals surface area contributed by atoms with E-state index in [9.17, 15) is 9.59 Å². The van der Waals surface area contributed by atoms with E-state index in [-0.39, 0.29) is 17.7 Å². The second kappa shape index (κ2) is 3.95. The number of fused-ring (bicyclic) bond motifs is 3. The van der Waals surface area contributed by atoms with Gasteiger partial charge in [0.1, 0.15) is 5.92 Å². The van der Waals surface area contributed by atoms with Crippen molar-refractivity contribution < 1.29 is 14.3 Å². The number of esters is 1. The van der Waals surface area contributed by atoms with Gasteiger partial charge in [0.05, 0.1) is 7.11 Å². The van der Waals surface area contributed by atoms with Crippen LogP contribution in [0.4, 0.5) is 0 Å². The Morgan fingerprint density at radius 3 is 2.68 bits per heavy atom. The van der Waals surface area contributed by atoms with Gasteiger partial charge in [-0.3, -0.25) is 9.59 Å². The smallest absolute Gasteiger partial charge is 0.315 e. The molecule has 0 amide bonds. The first kappa shape index (κ1) is 12.0. The maximum atomic E-state index is 12.4. The zero-order valence-electron chi connectivity index (χ0n) is 11.1. The Kier molecular flexibility index (Phi) is 2.49. The molecule has 4 nitrogen and oxygen atoms in total. The second-order valence-electron chi connectivity index (χ2n) is 4.99. The van der Waals surface area contributed by atoms with Crippen LogP contribution in [0, 0.1) is 5.92 Å². The highest BCUT2D eigenvalue weighted by molar-refractivity contribution is 6.16. The fourth-order valence-electron chi connectivity index (χ4n) is 3.09. The van der Waals surface area contributed by atoms with Gasteiger partial charge >= 0.3 is 5.97 Å². The van der Waals surface area contributed by atoms with Gasteiger partial charge in [-0.25, -0.2) is 0 Å². The number of methoxy groups -OCH3 is 1. The Balaban J connectivity index is 2.35. The van der Waals surface area contributed by atoms with Crippen LogP contribution < -0.4 is 0 Å². The number of aromatic nitrogens is 1. The molecular formula is C15H15NO3. The van der Waals surface area contributed by atoms with Crippen molar-refractivity contribution in [2.45, 2.75) is 12.8 Å². The average Bonchev–Trinajstić information content (AvgIpc) is 2.86. The molecule has 1 heterocycles. The summed E-state index contributed by atoms with van der Waals surface area (Å²) in [5.41, 5.74) is 2.44. The van der Waals surface area contributed by atoms with Crippen LogP contribution in [-0.2, 0) is 16.6 Å². The van der Waals surface area contributed by atoms with Crippen LogP contribution >= 0.6 is 0 Å². The summed E-state index contributed by atoms with van der Waals surface area (Å²) in [5, 5.41) is 0.920. The number of ether oxygens (including phenoxy) is 1. The molecule has 0 saturated heterocycles. The molecule has 0 saturated carbocycles. The summed E-state index contributed by atoms with van der Waals surface area (Å²) in [5.74, 6) is -1.16. The molecule has 3 rings (SSSR count). The van der Waals surface area contributed by atoms with E-state index in [0.29, 0.717) is 5.56 Å². The van der Waals surface area contributed by atoms with Crippen molar-refractivity contribution in [2.75, 3.05) is 7.11 Å². The summed E-state index contributed by atoms with van der Waals surface area (Å²) in [6.45, 7) is 1.79. The van der Waals surface area contributed by atoms with Gasteiger partial charge in [0.2, 0.25) is 0 Å². The van der Waals surface area contributed by atoms with Gasteiger partial charge in [-0.05, 0) is 6.07 Å². The molecule has 2 aromatic rings. The molecular weight excluding hydrogens is 242 g/mol. The van der Waals surface area contributed by atoms with Gasteiger partial charge in [-0.15, -0.1) is 0 Å². The highest BCUT2D eigenvalue weighted by Crippen LogP contribution is 2.43. The third-order valence-electron chi connectivity index (χ3n) is 4.06. The number of ketones is 1. The topological polar surface area (TPSA) is 48.3 Å². The van der Waals surface area contributed by atoms with E-state index in [4.69, 9.17) is 4.74 Å². The maximum absolute atomic E-state index is 12.4. The first-order valence-electron chi connectivity index (χ1n) is 6.27. The highest BCUT2D eigenvalue weighted by Gasteiger charge is 2.45. The van der Waals surface area contributed by atoms with Crippen LogP contribution in [0.5, 0.6) is 0 Å². The largest absolute Gasteiger partial charge is 0.468 e. The Morgan fingerprint density at radius 1 is 1.32 bits per heavy atom. The van der Waals surface area contributed by atoms with Gasteiger partial charge in [0.25, 0.3) is 0 Å². The fourth-order valence-corrected chi connectivity index (χ4v) is 3.09. The monoisotopic (exact) mass is 257 g/mol. The van der Waals surface area contributed by atoms with Crippen LogP contribution in [0.15, 0.2) is 24.3 Å². The van der Waals surface area contributed by atoms with Crippen LogP contribution in [-0.4, -0.2) is 23.4 Å². The number of aryl methyl sites for hydroxylation is 1. The number of rotatable bonds is 1. The number of benzene rings is 1. The van der Waals surface area contributed by atoms with E-state index in [1.165, 1.54) is 7.11 Å². The predicted molar refractivity (Wildman–Crippen MR) is 71.2 cm³/mol. The molecule has 19 heavy (non-hydrogen) atoms. The molecule has 1 aromatic carbocycles. The molecule has 1 aliphatic carbocycles. The van der Waals surface area contributed by atoms with Gasteiger partial charge in [0, 0.05) is 35.1 Å². The molecule has 0 N–H and O–H groups in total. The Labute approximate surface area is 111 Å². The van der Waals surface area contributed by atoms with Crippen LogP contribution in [0.1, 0.15) is 28.9 Å². The summed E-state index contributed by atoms with van der Waals surface area (Å²) in [6.07, 6.45) is 0. The molecule has 0 spiro atoms. The summed E-state index contributed by atoms with van der Waals surface area (Å²) in [6, 6.07) is 7.73. The first-order chi connectivity index (χ1) is 9.07. The number of carbonyl (C=O) groups excluding carboxylic acids is 2. The number of carbonyl (C=O) groups is 2. The lowest BCUT2D eigenvalue weighted by Gasteiger charge is -2.14. The van der Waals surface area contributed by atoms with E-state index in [1.807, 2.05) is 35.9 Å². The molecule has 1 aromatic heterocycles. The van der Waals surface area contributed by atoms with Crippen molar-refractivity contribution in [2.24, 2.45) is 13.0 Å². The number of nitrogens with zero attached hydrogens (tertiary/aromatic N) is 1. The normalized spacial score (nSPS) is 21.7. The zero-order chi connectivity index (χ0) is 13.7. The minimum absolute atomic E-state index is 0.0298. The molecule has 0 bridgehead atoms. The van der Waals surface area contributed by atoms with E-state index in [1.54, 1.807) is 6.92 Å². The Bertz CT molecular complexity index is 699. The molecule has 2 atom stereocenters. The van der Waals surface area contributed by atoms with Crippen molar-refractivity contribution in [3.8, 4) is 0 Å². The van der Waals surface area contributed by atoms with Gasteiger partial charge < -0.3 is 9.30 Å². The maximum Gasteiger partial charge on any atom is 0.315 e. The van der Waals surface area contributed by atoms with E-state index in [0.717, 1.165) is 16.6 Å². The quantitative estimate of drug-likeness (QED) is 0.736. The number of hydrogen-bond donors (Lipinski definition) is 0. The third kappa shape index (κ3) is 1.40. The van der Waals surface area contributed by atoms with Gasteiger partial charge in [-0.1, -0.05) is 25.1 Å². The summed E-state index contributed by atoms with van der Waals surface area (Å²) in [7, 11) is 3.25. The lowest BCUT2D eigenvalue weighted by molar-refractivity contribution is -0.143. The summed E-state index contributed by atoms with van der Waals surface area (Å²) in [4.78, 5) is 24.4. The predicted octanol–water partition coefficient (Wildman–Crippen LogP) is 2.27. The average molecular weight is 257 g/mol. The highest BCUT2D eigenvalue weighted by atomic mass is 16.5. The van der Waals surface area contributed by atoms with Crippen molar-refractivity contribution in [3.63, 3.8) is 0 Å². The SMILES string of the molecule is COC(=O)[C@@H]1c2c(c3ccccc3n2C)C(=O)[C@H]1C. The first-order valence-corrected chi connectivity index (χ1v) is 6.27. The summed E-state index contributed by atoms with van der Waals surface area (Å²) < 4.78 is 6.79. The lowest BCUT2D eigenvalue weighted by Crippen LogP contribution is -2.21. The Hall–Kier alpha value is -2.10. The lowest BCUT2D eigenvalue weighted by atomic mass is 9.96. The van der Waals surface area contributed by atoms with Crippen molar-refractivity contribution >= 4 is 22.7 Å². The van der Waals surface area contributed by atoms with Crippen molar-refractivity contribution in [3.05, 3.63) is 35.5 Å². The molecule has 98 valence electrons. The fraction of sp³-hybridized carbons (Fsp3) is 0.333. The minimum atomic E-state index is -0.495. The second-order valence-corrected chi connectivity index (χ2v) is 4.99. The zero-order valence-corrected chi connectivity index (χ0v) is 11.1.